The monoisotopic (exact) mass is 361 g/mol. The molecule has 1 aromatic heterocycles. The van der Waals surface area contributed by atoms with E-state index in [9.17, 15) is 0 Å². The lowest BCUT2D eigenvalue weighted by Crippen LogP contribution is -1.95. The van der Waals surface area contributed by atoms with Crippen LogP contribution in [0.3, 0.4) is 0 Å². The van der Waals surface area contributed by atoms with E-state index < -0.39 is 0 Å². The molecule has 0 aliphatic heterocycles. The molecule has 0 fully saturated rings. The predicted octanol–water partition coefficient (Wildman–Crippen LogP) is 5.19. The summed E-state index contributed by atoms with van der Waals surface area (Å²) in [4.78, 5) is 0. The highest BCUT2D eigenvalue weighted by atomic mass is 16.5. The van der Waals surface area contributed by atoms with Crippen molar-refractivity contribution >= 4 is 10.8 Å². The zero-order valence-electron chi connectivity index (χ0n) is 15.4. The Hall–Kier alpha value is -3.47. The van der Waals surface area contributed by atoms with Gasteiger partial charge in [0.05, 0.1) is 21.3 Å². The van der Waals surface area contributed by atoms with Gasteiger partial charge in [-0.15, -0.1) is 0 Å². The summed E-state index contributed by atoms with van der Waals surface area (Å²) in [6, 6.07) is 20.0. The molecule has 5 nitrogen and oxygen atoms in total. The number of rotatable bonds is 5. The molecular formula is C22H19NO4. The molecule has 3 aromatic carbocycles. The van der Waals surface area contributed by atoms with Crippen LogP contribution in [0.2, 0.25) is 0 Å². The van der Waals surface area contributed by atoms with Gasteiger partial charge in [0, 0.05) is 17.2 Å². The molecule has 0 amide bonds. The zero-order valence-corrected chi connectivity index (χ0v) is 15.4. The first kappa shape index (κ1) is 17.0. The van der Waals surface area contributed by atoms with Gasteiger partial charge < -0.3 is 18.7 Å². The number of fused-ring (bicyclic) bond motifs is 1. The highest BCUT2D eigenvalue weighted by Gasteiger charge is 2.17. The Labute approximate surface area is 157 Å². The summed E-state index contributed by atoms with van der Waals surface area (Å²) in [6.45, 7) is 0. The molecule has 0 saturated carbocycles. The van der Waals surface area contributed by atoms with E-state index in [0.717, 1.165) is 16.5 Å². The van der Waals surface area contributed by atoms with Gasteiger partial charge in [0.25, 0.3) is 0 Å². The van der Waals surface area contributed by atoms with Gasteiger partial charge in [0.15, 0.2) is 17.3 Å². The quantitative estimate of drug-likeness (QED) is 0.490. The smallest absolute Gasteiger partial charge is 0.203 e. The highest BCUT2D eigenvalue weighted by molar-refractivity contribution is 5.87. The average Bonchev–Trinajstić information content (AvgIpc) is 3.22. The fourth-order valence-electron chi connectivity index (χ4n) is 3.12. The van der Waals surface area contributed by atoms with E-state index in [0.29, 0.717) is 28.7 Å². The first-order chi connectivity index (χ1) is 13.2. The van der Waals surface area contributed by atoms with Crippen molar-refractivity contribution in [3.8, 4) is 39.8 Å². The predicted molar refractivity (Wildman–Crippen MR) is 105 cm³/mol. The maximum absolute atomic E-state index is 5.59. The van der Waals surface area contributed by atoms with Crippen LogP contribution in [0.15, 0.2) is 65.2 Å². The normalized spacial score (nSPS) is 10.8. The average molecular weight is 361 g/mol. The Balaban J connectivity index is 1.75. The highest BCUT2D eigenvalue weighted by Crippen LogP contribution is 2.41. The Kier molecular flexibility index (Phi) is 4.42. The van der Waals surface area contributed by atoms with Crippen molar-refractivity contribution in [3.05, 3.63) is 60.7 Å². The van der Waals surface area contributed by atoms with Gasteiger partial charge >= 0.3 is 0 Å². The molecular weight excluding hydrogens is 342 g/mol. The van der Waals surface area contributed by atoms with Crippen LogP contribution < -0.4 is 14.2 Å². The van der Waals surface area contributed by atoms with Crippen LogP contribution in [0, 0.1) is 0 Å². The number of benzene rings is 3. The second-order valence-electron chi connectivity index (χ2n) is 6.05. The Morgan fingerprint density at radius 3 is 2.07 bits per heavy atom. The molecule has 136 valence electrons. The van der Waals surface area contributed by atoms with Gasteiger partial charge in [0.2, 0.25) is 5.75 Å². The van der Waals surface area contributed by atoms with Crippen molar-refractivity contribution in [2.24, 2.45) is 0 Å². The third kappa shape index (κ3) is 3.08. The van der Waals surface area contributed by atoms with Crippen LogP contribution in [-0.4, -0.2) is 26.5 Å². The molecule has 0 aliphatic carbocycles. The standard InChI is InChI=1S/C22H19NO4/c1-24-20-11-17(12-21(25-2)22(20)26-3)18-13-19(27-23-18)16-9-8-14-6-4-5-7-15(14)10-16/h4-13H,1-3H3. The van der Waals surface area contributed by atoms with Crippen molar-refractivity contribution in [2.75, 3.05) is 21.3 Å². The Morgan fingerprint density at radius 2 is 1.41 bits per heavy atom. The molecule has 0 unspecified atom stereocenters. The summed E-state index contributed by atoms with van der Waals surface area (Å²) in [5.74, 6) is 2.38. The zero-order chi connectivity index (χ0) is 18.8. The minimum atomic E-state index is 0.544. The first-order valence-corrected chi connectivity index (χ1v) is 8.49. The van der Waals surface area contributed by atoms with E-state index in [4.69, 9.17) is 18.7 Å². The number of ether oxygens (including phenoxy) is 3. The van der Waals surface area contributed by atoms with E-state index in [-0.39, 0.29) is 0 Å². The molecule has 5 heteroatoms. The molecule has 0 bridgehead atoms. The second kappa shape index (κ2) is 7.03. The minimum absolute atomic E-state index is 0.544. The van der Waals surface area contributed by atoms with E-state index in [1.807, 2.05) is 36.4 Å². The number of aromatic nitrogens is 1. The number of methoxy groups -OCH3 is 3. The third-order valence-electron chi connectivity index (χ3n) is 4.50. The summed E-state index contributed by atoms with van der Waals surface area (Å²) >= 11 is 0. The summed E-state index contributed by atoms with van der Waals surface area (Å²) in [5, 5.41) is 6.56. The van der Waals surface area contributed by atoms with Crippen LogP contribution in [-0.2, 0) is 0 Å². The summed E-state index contributed by atoms with van der Waals surface area (Å²) in [5.41, 5.74) is 2.48. The molecule has 0 radical (unpaired) electrons. The van der Waals surface area contributed by atoms with E-state index >= 15 is 0 Å². The molecule has 4 aromatic rings. The minimum Gasteiger partial charge on any atom is -0.493 e. The second-order valence-corrected chi connectivity index (χ2v) is 6.05. The van der Waals surface area contributed by atoms with E-state index in [1.165, 1.54) is 5.39 Å². The van der Waals surface area contributed by atoms with Crippen LogP contribution in [0.5, 0.6) is 17.2 Å². The Morgan fingerprint density at radius 1 is 0.704 bits per heavy atom. The van der Waals surface area contributed by atoms with E-state index in [1.54, 1.807) is 21.3 Å². The van der Waals surface area contributed by atoms with Crippen LogP contribution >= 0.6 is 0 Å². The lowest BCUT2D eigenvalue weighted by Gasteiger charge is -2.13. The van der Waals surface area contributed by atoms with Crippen LogP contribution in [0.25, 0.3) is 33.4 Å². The van der Waals surface area contributed by atoms with Gasteiger partial charge in [0.1, 0.15) is 5.69 Å². The fraction of sp³-hybridized carbons (Fsp3) is 0.136. The fourth-order valence-corrected chi connectivity index (χ4v) is 3.12. The first-order valence-electron chi connectivity index (χ1n) is 8.49. The van der Waals surface area contributed by atoms with Crippen LogP contribution in [0.4, 0.5) is 0 Å². The number of hydrogen-bond acceptors (Lipinski definition) is 5. The number of nitrogens with zero attached hydrogens (tertiary/aromatic N) is 1. The Bertz CT molecular complexity index is 1080. The van der Waals surface area contributed by atoms with Crippen molar-refractivity contribution in [1.82, 2.24) is 5.16 Å². The van der Waals surface area contributed by atoms with E-state index in [2.05, 4.69) is 29.4 Å². The third-order valence-corrected chi connectivity index (χ3v) is 4.50. The van der Waals surface area contributed by atoms with Gasteiger partial charge in [-0.2, -0.15) is 0 Å². The van der Waals surface area contributed by atoms with Gasteiger partial charge in [-0.1, -0.05) is 41.6 Å². The lowest BCUT2D eigenvalue weighted by atomic mass is 10.0. The SMILES string of the molecule is COc1cc(-c2cc(-c3ccc4ccccc4c3)on2)cc(OC)c1OC. The molecule has 0 spiro atoms. The molecule has 0 saturated heterocycles. The largest absolute Gasteiger partial charge is 0.493 e. The molecule has 1 heterocycles. The summed E-state index contributed by atoms with van der Waals surface area (Å²) in [7, 11) is 4.75. The summed E-state index contributed by atoms with van der Waals surface area (Å²) < 4.78 is 21.8. The van der Waals surface area contributed by atoms with Crippen molar-refractivity contribution in [2.45, 2.75) is 0 Å². The summed E-state index contributed by atoms with van der Waals surface area (Å²) in [6.07, 6.45) is 0. The molecule has 4 rings (SSSR count). The van der Waals surface area contributed by atoms with Crippen molar-refractivity contribution < 1.29 is 18.7 Å². The molecule has 0 atom stereocenters. The molecule has 27 heavy (non-hydrogen) atoms. The van der Waals surface area contributed by atoms with Gasteiger partial charge in [-0.3, -0.25) is 0 Å². The van der Waals surface area contributed by atoms with Gasteiger partial charge in [-0.25, -0.2) is 0 Å². The maximum Gasteiger partial charge on any atom is 0.203 e. The van der Waals surface area contributed by atoms with Gasteiger partial charge in [-0.05, 0) is 29.0 Å². The maximum atomic E-state index is 5.59. The number of hydrogen-bond donors (Lipinski definition) is 0. The lowest BCUT2D eigenvalue weighted by molar-refractivity contribution is 0.324. The topological polar surface area (TPSA) is 53.7 Å². The van der Waals surface area contributed by atoms with Crippen LogP contribution in [0.1, 0.15) is 0 Å². The molecule has 0 N–H and O–H groups in total. The molecule has 0 aliphatic rings. The van der Waals surface area contributed by atoms with Crippen molar-refractivity contribution in [3.63, 3.8) is 0 Å². The van der Waals surface area contributed by atoms with Crippen molar-refractivity contribution in [1.29, 1.82) is 0 Å².